The summed E-state index contributed by atoms with van der Waals surface area (Å²) < 4.78 is 32.0. The van der Waals surface area contributed by atoms with Crippen LogP contribution in [0.1, 0.15) is 41.6 Å². The minimum absolute atomic E-state index is 0.0315. The second-order valence-electron chi connectivity index (χ2n) is 4.61. The topological polar surface area (TPSA) is 117 Å². The Morgan fingerprint density at radius 1 is 1.35 bits per heavy atom. The average Bonchev–Trinajstić information content (AvgIpc) is 2.61. The Balaban J connectivity index is 3.13. The van der Waals surface area contributed by atoms with Gasteiger partial charge in [-0.1, -0.05) is 0 Å². The normalized spacial score (nSPS) is 13.4. The summed E-state index contributed by atoms with van der Waals surface area (Å²) in [7, 11) is -3.98. The number of aliphatic hydroxyl groups is 1. The van der Waals surface area contributed by atoms with Crippen molar-refractivity contribution in [2.45, 2.75) is 44.6 Å². The van der Waals surface area contributed by atoms with E-state index in [1.54, 1.807) is 6.92 Å². The second kappa shape index (κ2) is 6.38. The quantitative estimate of drug-likeness (QED) is 0.693. The molecule has 0 spiro atoms. The van der Waals surface area contributed by atoms with Crippen LogP contribution >= 0.6 is 0 Å². The van der Waals surface area contributed by atoms with E-state index in [9.17, 15) is 13.2 Å². The maximum Gasteiger partial charge on any atom is 0.340 e. The Morgan fingerprint density at radius 2 is 1.95 bits per heavy atom. The fourth-order valence-electron chi connectivity index (χ4n) is 2.01. The molecule has 1 atom stereocenters. The number of carboxylic acids is 1. The van der Waals surface area contributed by atoms with E-state index in [4.69, 9.17) is 14.6 Å². The van der Waals surface area contributed by atoms with Crippen LogP contribution < -0.4 is 4.72 Å². The molecule has 7 nitrogen and oxygen atoms in total. The summed E-state index contributed by atoms with van der Waals surface area (Å²) in [4.78, 5) is 10.8. The Kier molecular flexibility index (Phi) is 5.32. The first-order valence-corrected chi connectivity index (χ1v) is 7.65. The molecule has 1 rings (SSSR count). The van der Waals surface area contributed by atoms with Gasteiger partial charge < -0.3 is 14.6 Å². The first kappa shape index (κ1) is 16.7. The van der Waals surface area contributed by atoms with Crippen molar-refractivity contribution in [3.05, 3.63) is 17.1 Å². The van der Waals surface area contributed by atoms with E-state index in [0.717, 1.165) is 0 Å². The van der Waals surface area contributed by atoms with Gasteiger partial charge >= 0.3 is 5.97 Å². The molecule has 0 fully saturated rings. The third-order valence-electron chi connectivity index (χ3n) is 2.84. The molecule has 20 heavy (non-hydrogen) atoms. The van der Waals surface area contributed by atoms with Gasteiger partial charge in [0.1, 0.15) is 22.0 Å². The lowest BCUT2D eigenvalue weighted by molar-refractivity contribution is 0.0691. The molecule has 1 aromatic rings. The second-order valence-corrected chi connectivity index (χ2v) is 6.26. The monoisotopic (exact) mass is 305 g/mol. The number of aromatic carboxylic acids is 1. The van der Waals surface area contributed by atoms with Crippen molar-refractivity contribution >= 4 is 16.0 Å². The van der Waals surface area contributed by atoms with Crippen LogP contribution in [0, 0.1) is 13.8 Å². The molecule has 1 heterocycles. The van der Waals surface area contributed by atoms with Gasteiger partial charge in [-0.3, -0.25) is 0 Å². The average molecular weight is 305 g/mol. The number of aliphatic hydroxyl groups excluding tert-OH is 1. The summed E-state index contributed by atoms with van der Waals surface area (Å²) in [6.45, 7) is 4.43. The van der Waals surface area contributed by atoms with Gasteiger partial charge in [-0.25, -0.2) is 17.9 Å². The van der Waals surface area contributed by atoms with Crippen molar-refractivity contribution < 1.29 is 27.8 Å². The Bertz CT molecular complexity index is 589. The fraction of sp³-hybridized carbons (Fsp3) is 0.583. The zero-order valence-corrected chi connectivity index (χ0v) is 12.5. The maximum atomic E-state index is 12.3. The van der Waals surface area contributed by atoms with Gasteiger partial charge in [-0.05, 0) is 33.6 Å². The predicted octanol–water partition coefficient (Wildman–Crippen LogP) is 1.03. The van der Waals surface area contributed by atoms with E-state index >= 15 is 0 Å². The molecule has 0 saturated heterocycles. The van der Waals surface area contributed by atoms with Gasteiger partial charge in [0.25, 0.3) is 0 Å². The molecule has 0 aromatic carbocycles. The van der Waals surface area contributed by atoms with Gasteiger partial charge in [0.2, 0.25) is 10.0 Å². The molecule has 3 N–H and O–H groups in total. The van der Waals surface area contributed by atoms with Gasteiger partial charge in [-0.15, -0.1) is 0 Å². The SMILES string of the molecule is Cc1oc(C)c(S(=O)(=O)NC(C)CCCO)c1C(=O)O. The molecule has 0 aliphatic carbocycles. The first-order valence-electron chi connectivity index (χ1n) is 6.17. The zero-order chi connectivity index (χ0) is 15.5. The number of carboxylic acid groups (broad SMARTS) is 1. The van der Waals surface area contributed by atoms with Crippen LogP contribution in [0.5, 0.6) is 0 Å². The molecule has 8 heteroatoms. The Morgan fingerprint density at radius 3 is 2.45 bits per heavy atom. The van der Waals surface area contributed by atoms with Crippen molar-refractivity contribution in [3.8, 4) is 0 Å². The molecule has 0 bridgehead atoms. The minimum atomic E-state index is -3.98. The highest BCUT2D eigenvalue weighted by Crippen LogP contribution is 2.26. The predicted molar refractivity (Wildman–Crippen MR) is 71.2 cm³/mol. The van der Waals surface area contributed by atoms with Gasteiger partial charge in [0.15, 0.2) is 0 Å². The number of hydrogen-bond donors (Lipinski definition) is 3. The van der Waals surface area contributed by atoms with Crippen molar-refractivity contribution in [2.24, 2.45) is 0 Å². The number of rotatable bonds is 7. The number of hydrogen-bond acceptors (Lipinski definition) is 5. The van der Waals surface area contributed by atoms with E-state index in [2.05, 4.69) is 4.72 Å². The van der Waals surface area contributed by atoms with E-state index in [1.807, 2.05) is 0 Å². The largest absolute Gasteiger partial charge is 0.478 e. The fourth-order valence-corrected chi connectivity index (χ4v) is 3.70. The van der Waals surface area contributed by atoms with Crippen LogP contribution in [0.15, 0.2) is 9.31 Å². The molecule has 0 aliphatic heterocycles. The highest BCUT2D eigenvalue weighted by atomic mass is 32.2. The van der Waals surface area contributed by atoms with Crippen molar-refractivity contribution in [1.29, 1.82) is 0 Å². The smallest absolute Gasteiger partial charge is 0.340 e. The summed E-state index contributed by atoms with van der Waals surface area (Å²) in [6.07, 6.45) is 0.910. The minimum Gasteiger partial charge on any atom is -0.478 e. The summed E-state index contributed by atoms with van der Waals surface area (Å²) in [5, 5.41) is 17.8. The Labute approximate surface area is 117 Å². The molecular formula is C12H19NO6S. The summed E-state index contributed by atoms with van der Waals surface area (Å²) in [5.41, 5.74) is -0.343. The van der Waals surface area contributed by atoms with E-state index in [-0.39, 0.29) is 28.6 Å². The molecule has 0 saturated carbocycles. The third-order valence-corrected chi connectivity index (χ3v) is 4.58. The van der Waals surface area contributed by atoms with E-state index in [0.29, 0.717) is 12.8 Å². The van der Waals surface area contributed by atoms with E-state index in [1.165, 1.54) is 13.8 Å². The maximum absolute atomic E-state index is 12.3. The third kappa shape index (κ3) is 3.59. The lowest BCUT2D eigenvalue weighted by Gasteiger charge is -2.13. The van der Waals surface area contributed by atoms with Crippen LogP contribution in [0.2, 0.25) is 0 Å². The lowest BCUT2D eigenvalue weighted by Crippen LogP contribution is -2.33. The molecule has 1 unspecified atom stereocenters. The van der Waals surface area contributed by atoms with Gasteiger partial charge in [0, 0.05) is 12.6 Å². The first-order chi connectivity index (χ1) is 9.20. The molecule has 1 aromatic heterocycles. The van der Waals surface area contributed by atoms with Crippen LogP contribution in [0.4, 0.5) is 0 Å². The standard InChI is InChI=1S/C12H19NO6S/c1-7(5-4-6-14)13-20(17,18)11-9(3)19-8(2)10(11)12(15)16/h7,13-14H,4-6H2,1-3H3,(H,15,16). The molecule has 0 amide bonds. The summed E-state index contributed by atoms with van der Waals surface area (Å²) >= 11 is 0. The number of furan rings is 1. The van der Waals surface area contributed by atoms with Gasteiger partial charge in [-0.2, -0.15) is 0 Å². The van der Waals surface area contributed by atoms with Crippen LogP contribution in [0.25, 0.3) is 0 Å². The number of nitrogens with one attached hydrogen (secondary N) is 1. The highest BCUT2D eigenvalue weighted by molar-refractivity contribution is 7.89. The van der Waals surface area contributed by atoms with Gasteiger partial charge in [0.05, 0.1) is 0 Å². The van der Waals surface area contributed by atoms with Crippen molar-refractivity contribution in [2.75, 3.05) is 6.61 Å². The zero-order valence-electron chi connectivity index (χ0n) is 11.6. The van der Waals surface area contributed by atoms with Crippen LogP contribution in [0.3, 0.4) is 0 Å². The van der Waals surface area contributed by atoms with E-state index < -0.39 is 22.0 Å². The molecule has 0 radical (unpaired) electrons. The Hall–Kier alpha value is -1.38. The molecule has 0 aliphatic rings. The van der Waals surface area contributed by atoms with Crippen molar-refractivity contribution in [1.82, 2.24) is 4.72 Å². The van der Waals surface area contributed by atoms with Crippen LogP contribution in [-0.4, -0.2) is 37.2 Å². The summed E-state index contributed by atoms with van der Waals surface area (Å²) in [5.74, 6) is -1.25. The number of aryl methyl sites for hydroxylation is 2. The number of carbonyl (C=O) groups is 1. The number of sulfonamides is 1. The lowest BCUT2D eigenvalue weighted by atomic mass is 10.2. The van der Waals surface area contributed by atoms with Crippen LogP contribution in [-0.2, 0) is 10.0 Å². The molecular weight excluding hydrogens is 286 g/mol. The summed E-state index contributed by atoms with van der Waals surface area (Å²) in [6, 6.07) is -0.414. The highest BCUT2D eigenvalue weighted by Gasteiger charge is 2.31. The van der Waals surface area contributed by atoms with Crippen molar-refractivity contribution in [3.63, 3.8) is 0 Å². The molecule has 114 valence electrons.